The van der Waals surface area contributed by atoms with E-state index in [1.54, 1.807) is 33.3 Å². The van der Waals surface area contributed by atoms with Gasteiger partial charge in [-0.25, -0.2) is 0 Å². The molecule has 1 aromatic carbocycles. The number of nitrogens with two attached hydrogens (primary N) is 1. The minimum atomic E-state index is -0.842. The fourth-order valence-corrected chi connectivity index (χ4v) is 1.51. The molecular weight excluding hydrogens is 232 g/mol. The third-order valence-electron chi connectivity index (χ3n) is 2.76. The lowest BCUT2D eigenvalue weighted by molar-refractivity contribution is 0.0358. The Morgan fingerprint density at radius 1 is 1.39 bits per heavy atom. The van der Waals surface area contributed by atoms with Gasteiger partial charge >= 0.3 is 0 Å². The fraction of sp³-hybridized carbons (Fsp3) is 0.538. The monoisotopic (exact) mass is 254 g/mol. The van der Waals surface area contributed by atoms with Crippen molar-refractivity contribution in [1.82, 2.24) is 0 Å². The molecule has 0 bridgehead atoms. The predicted molar refractivity (Wildman–Crippen MR) is 73.0 cm³/mol. The lowest BCUT2D eigenvalue weighted by Crippen LogP contribution is -2.34. The summed E-state index contributed by atoms with van der Waals surface area (Å²) in [7, 11) is 3.22. The van der Waals surface area contributed by atoms with E-state index in [-0.39, 0.29) is 0 Å². The summed E-state index contributed by atoms with van der Waals surface area (Å²) in [5.41, 5.74) is 6.39. The van der Waals surface area contributed by atoms with Gasteiger partial charge in [0.15, 0.2) is 0 Å². The van der Waals surface area contributed by atoms with Gasteiger partial charge in [-0.05, 0) is 19.1 Å². The molecule has 0 fully saturated rings. The molecule has 5 heteroatoms. The number of methoxy groups -OCH3 is 2. The van der Waals surface area contributed by atoms with E-state index in [0.717, 1.165) is 11.4 Å². The molecule has 1 unspecified atom stereocenters. The number of aliphatic hydroxyl groups is 1. The van der Waals surface area contributed by atoms with Gasteiger partial charge in [0.2, 0.25) is 0 Å². The van der Waals surface area contributed by atoms with Crippen molar-refractivity contribution in [2.75, 3.05) is 38.4 Å². The van der Waals surface area contributed by atoms with E-state index in [4.69, 9.17) is 15.2 Å². The van der Waals surface area contributed by atoms with Crippen LogP contribution in [0, 0.1) is 0 Å². The molecule has 1 atom stereocenters. The molecule has 0 aliphatic heterocycles. The summed E-state index contributed by atoms with van der Waals surface area (Å²) in [6.07, 6.45) is 0.556. The summed E-state index contributed by atoms with van der Waals surface area (Å²) in [5, 5.41) is 13.2. The van der Waals surface area contributed by atoms with Gasteiger partial charge in [0.05, 0.1) is 24.1 Å². The number of nitrogens with one attached hydrogen (secondary N) is 1. The first-order valence-electron chi connectivity index (χ1n) is 5.87. The van der Waals surface area contributed by atoms with Crippen LogP contribution in [0.15, 0.2) is 18.2 Å². The first-order valence-corrected chi connectivity index (χ1v) is 5.87. The highest BCUT2D eigenvalue weighted by Crippen LogP contribution is 2.25. The zero-order valence-corrected chi connectivity index (χ0v) is 11.2. The van der Waals surface area contributed by atoms with Gasteiger partial charge in [-0.2, -0.15) is 0 Å². The Bertz CT molecular complexity index is 380. The van der Waals surface area contributed by atoms with Crippen molar-refractivity contribution in [2.45, 2.75) is 18.9 Å². The van der Waals surface area contributed by atoms with E-state index >= 15 is 0 Å². The maximum atomic E-state index is 10.1. The molecule has 4 N–H and O–H groups in total. The lowest BCUT2D eigenvalue weighted by atomic mass is 10.0. The molecule has 102 valence electrons. The van der Waals surface area contributed by atoms with Gasteiger partial charge in [0.1, 0.15) is 5.75 Å². The Morgan fingerprint density at radius 2 is 2.11 bits per heavy atom. The van der Waals surface area contributed by atoms with E-state index in [9.17, 15) is 5.11 Å². The van der Waals surface area contributed by atoms with Crippen LogP contribution in [-0.4, -0.2) is 38.1 Å². The third kappa shape index (κ3) is 4.43. The second-order valence-electron chi connectivity index (χ2n) is 4.55. The minimum Gasteiger partial charge on any atom is -0.497 e. The number of ether oxygens (including phenoxy) is 2. The van der Waals surface area contributed by atoms with E-state index < -0.39 is 5.60 Å². The van der Waals surface area contributed by atoms with Gasteiger partial charge in [-0.15, -0.1) is 0 Å². The molecule has 0 saturated carbocycles. The van der Waals surface area contributed by atoms with Crippen molar-refractivity contribution in [1.29, 1.82) is 0 Å². The third-order valence-corrected chi connectivity index (χ3v) is 2.76. The number of nitrogen functional groups attached to an aromatic ring is 1. The van der Waals surface area contributed by atoms with Crippen LogP contribution < -0.4 is 15.8 Å². The zero-order chi connectivity index (χ0) is 13.6. The SMILES string of the molecule is COCCC(C)(O)CNc1cc(OC)ccc1N. The summed E-state index contributed by atoms with van der Waals surface area (Å²) < 4.78 is 10.1. The molecule has 0 spiro atoms. The maximum absolute atomic E-state index is 10.1. The Kier molecular flexibility index (Phi) is 5.25. The van der Waals surface area contributed by atoms with Crippen LogP contribution in [0.5, 0.6) is 5.75 Å². The Hall–Kier alpha value is -1.46. The van der Waals surface area contributed by atoms with E-state index in [1.165, 1.54) is 0 Å². The van der Waals surface area contributed by atoms with Gasteiger partial charge in [0.25, 0.3) is 0 Å². The summed E-state index contributed by atoms with van der Waals surface area (Å²) in [6, 6.07) is 5.37. The van der Waals surface area contributed by atoms with Crippen molar-refractivity contribution in [3.05, 3.63) is 18.2 Å². The second-order valence-corrected chi connectivity index (χ2v) is 4.55. The fourth-order valence-electron chi connectivity index (χ4n) is 1.51. The number of hydrogen-bond acceptors (Lipinski definition) is 5. The highest BCUT2D eigenvalue weighted by molar-refractivity contribution is 5.68. The summed E-state index contributed by atoms with van der Waals surface area (Å²) in [6.45, 7) is 2.67. The predicted octanol–water partition coefficient (Wildman–Crippen LogP) is 1.48. The van der Waals surface area contributed by atoms with E-state index in [0.29, 0.717) is 25.3 Å². The van der Waals surface area contributed by atoms with Crippen molar-refractivity contribution >= 4 is 11.4 Å². The van der Waals surface area contributed by atoms with Crippen molar-refractivity contribution < 1.29 is 14.6 Å². The normalized spacial score (nSPS) is 14.0. The van der Waals surface area contributed by atoms with Crippen molar-refractivity contribution in [3.63, 3.8) is 0 Å². The van der Waals surface area contributed by atoms with E-state index in [2.05, 4.69) is 5.32 Å². The van der Waals surface area contributed by atoms with Crippen LogP contribution in [0.4, 0.5) is 11.4 Å². The van der Waals surface area contributed by atoms with Crippen molar-refractivity contribution in [3.8, 4) is 5.75 Å². The van der Waals surface area contributed by atoms with Crippen LogP contribution in [-0.2, 0) is 4.74 Å². The molecule has 0 aliphatic rings. The molecule has 1 aromatic rings. The molecule has 0 radical (unpaired) electrons. The van der Waals surface area contributed by atoms with Crippen LogP contribution in [0.25, 0.3) is 0 Å². The first-order chi connectivity index (χ1) is 8.48. The number of hydrogen-bond donors (Lipinski definition) is 3. The van der Waals surface area contributed by atoms with Gasteiger partial charge < -0.3 is 25.6 Å². The first kappa shape index (κ1) is 14.6. The van der Waals surface area contributed by atoms with Crippen LogP contribution in [0.2, 0.25) is 0 Å². The molecular formula is C13H22N2O3. The number of anilines is 2. The molecule has 1 rings (SSSR count). The average Bonchev–Trinajstić information content (AvgIpc) is 2.35. The second kappa shape index (κ2) is 6.47. The molecule has 0 saturated heterocycles. The highest BCUT2D eigenvalue weighted by atomic mass is 16.5. The summed E-state index contributed by atoms with van der Waals surface area (Å²) >= 11 is 0. The molecule has 18 heavy (non-hydrogen) atoms. The highest BCUT2D eigenvalue weighted by Gasteiger charge is 2.20. The van der Waals surface area contributed by atoms with Crippen LogP contribution in [0.3, 0.4) is 0 Å². The topological polar surface area (TPSA) is 76.7 Å². The van der Waals surface area contributed by atoms with Crippen LogP contribution >= 0.6 is 0 Å². The molecule has 0 aromatic heterocycles. The number of rotatable bonds is 7. The number of benzene rings is 1. The Balaban J connectivity index is 2.62. The lowest BCUT2D eigenvalue weighted by Gasteiger charge is -2.24. The van der Waals surface area contributed by atoms with Gasteiger partial charge in [0, 0.05) is 32.7 Å². The van der Waals surface area contributed by atoms with Crippen molar-refractivity contribution in [2.24, 2.45) is 0 Å². The quantitative estimate of drug-likeness (QED) is 0.642. The molecule has 0 amide bonds. The Morgan fingerprint density at radius 3 is 2.72 bits per heavy atom. The Labute approximate surface area is 108 Å². The minimum absolute atomic E-state index is 0.397. The van der Waals surface area contributed by atoms with Gasteiger partial charge in [-0.1, -0.05) is 0 Å². The van der Waals surface area contributed by atoms with E-state index in [1.807, 2.05) is 6.07 Å². The molecule has 0 aliphatic carbocycles. The van der Waals surface area contributed by atoms with Crippen LogP contribution in [0.1, 0.15) is 13.3 Å². The summed E-state index contributed by atoms with van der Waals surface area (Å²) in [5.74, 6) is 0.725. The smallest absolute Gasteiger partial charge is 0.121 e. The largest absolute Gasteiger partial charge is 0.497 e. The maximum Gasteiger partial charge on any atom is 0.121 e. The average molecular weight is 254 g/mol. The molecule has 0 heterocycles. The summed E-state index contributed by atoms with van der Waals surface area (Å²) in [4.78, 5) is 0. The molecule has 5 nitrogen and oxygen atoms in total. The standard InChI is InChI=1S/C13H22N2O3/c1-13(16,6-7-17-2)9-15-12-8-10(18-3)4-5-11(12)14/h4-5,8,15-16H,6-7,9,14H2,1-3H3. The van der Waals surface area contributed by atoms with Gasteiger partial charge in [-0.3, -0.25) is 0 Å². The zero-order valence-electron chi connectivity index (χ0n) is 11.2.